The third-order valence-corrected chi connectivity index (χ3v) is 4.58. The zero-order valence-corrected chi connectivity index (χ0v) is 14.5. The molecule has 5 heteroatoms. The van der Waals surface area contributed by atoms with Crippen LogP contribution in [0.2, 0.25) is 0 Å². The van der Waals surface area contributed by atoms with Gasteiger partial charge in [0, 0.05) is 22.9 Å². The fourth-order valence-corrected chi connectivity index (χ4v) is 2.91. The molecule has 1 heterocycles. The first kappa shape index (κ1) is 18.5. The normalized spacial score (nSPS) is 13.0. The first-order chi connectivity index (χ1) is 11.5. The van der Waals surface area contributed by atoms with Gasteiger partial charge in [0.25, 0.3) is 0 Å². The summed E-state index contributed by atoms with van der Waals surface area (Å²) in [7, 11) is 0. The summed E-state index contributed by atoms with van der Waals surface area (Å²) < 4.78 is 19.5. The van der Waals surface area contributed by atoms with Gasteiger partial charge in [-0.15, -0.1) is 11.3 Å². The highest BCUT2D eigenvalue weighted by atomic mass is 32.1. The maximum Gasteiger partial charge on any atom is 0.138 e. The van der Waals surface area contributed by atoms with E-state index in [0.717, 1.165) is 5.75 Å². The number of aliphatic hydroxyl groups excluding tert-OH is 1. The van der Waals surface area contributed by atoms with Crippen LogP contribution in [0.5, 0.6) is 5.75 Å². The van der Waals surface area contributed by atoms with Crippen molar-refractivity contribution in [3.05, 3.63) is 52.0 Å². The molecule has 0 spiro atoms. The second kappa shape index (κ2) is 8.84. The molecule has 0 saturated heterocycles. The average Bonchev–Trinajstić information content (AvgIpc) is 2.94. The van der Waals surface area contributed by atoms with E-state index in [1.807, 2.05) is 30.3 Å². The number of rotatable bonds is 7. The van der Waals surface area contributed by atoms with E-state index in [2.05, 4.69) is 11.8 Å². The Labute approximate surface area is 146 Å². The molecule has 0 aliphatic rings. The number of aliphatic hydroxyl groups is 1. The van der Waals surface area contributed by atoms with Crippen LogP contribution >= 0.6 is 11.3 Å². The van der Waals surface area contributed by atoms with E-state index in [0.29, 0.717) is 35.6 Å². The third kappa shape index (κ3) is 5.97. The van der Waals surface area contributed by atoms with E-state index < -0.39 is 5.54 Å². The lowest BCUT2D eigenvalue weighted by Crippen LogP contribution is -2.40. The third-order valence-electron chi connectivity index (χ3n) is 3.49. The Morgan fingerprint density at radius 1 is 1.33 bits per heavy atom. The predicted molar refractivity (Wildman–Crippen MR) is 95.7 cm³/mol. The van der Waals surface area contributed by atoms with E-state index in [4.69, 9.17) is 15.6 Å². The molecule has 3 nitrogen and oxygen atoms in total. The minimum absolute atomic E-state index is 0.117. The Morgan fingerprint density at radius 2 is 2.08 bits per heavy atom. The SMILES string of the molecule is CC(N)(CO)CCc1sc(C#CCCOc2ccccc2)cc1F. The number of nitrogens with two attached hydrogens (primary N) is 1. The Kier molecular flexibility index (Phi) is 6.80. The Hall–Kier alpha value is -1.87. The van der Waals surface area contributed by atoms with E-state index in [1.165, 1.54) is 17.4 Å². The lowest BCUT2D eigenvalue weighted by atomic mass is 9.98. The highest BCUT2D eigenvalue weighted by molar-refractivity contribution is 7.12. The van der Waals surface area contributed by atoms with Crippen LogP contribution in [0, 0.1) is 17.7 Å². The van der Waals surface area contributed by atoms with Gasteiger partial charge in [0.05, 0.1) is 18.1 Å². The van der Waals surface area contributed by atoms with Gasteiger partial charge in [-0.25, -0.2) is 4.39 Å². The van der Waals surface area contributed by atoms with Gasteiger partial charge in [0.2, 0.25) is 0 Å². The first-order valence-electron chi connectivity index (χ1n) is 7.85. The summed E-state index contributed by atoms with van der Waals surface area (Å²) in [6.45, 7) is 2.14. The lowest BCUT2D eigenvalue weighted by molar-refractivity contribution is 0.200. The van der Waals surface area contributed by atoms with Crippen molar-refractivity contribution in [1.82, 2.24) is 0 Å². The minimum atomic E-state index is -0.683. The van der Waals surface area contributed by atoms with Crippen molar-refractivity contribution in [2.24, 2.45) is 5.73 Å². The predicted octanol–water partition coefficient (Wildman–Crippen LogP) is 3.35. The fourth-order valence-electron chi connectivity index (χ4n) is 2.00. The number of ether oxygens (including phenoxy) is 1. The van der Waals surface area contributed by atoms with Crippen molar-refractivity contribution in [2.45, 2.75) is 31.7 Å². The Morgan fingerprint density at radius 3 is 2.79 bits per heavy atom. The van der Waals surface area contributed by atoms with Gasteiger partial charge in [-0.05, 0) is 31.9 Å². The fraction of sp³-hybridized carbons (Fsp3) is 0.368. The molecule has 3 N–H and O–H groups in total. The molecule has 0 bridgehead atoms. The summed E-state index contributed by atoms with van der Waals surface area (Å²) in [5.41, 5.74) is 5.19. The molecular formula is C19H22FNO2S. The summed E-state index contributed by atoms with van der Waals surface area (Å²) in [4.78, 5) is 1.33. The molecule has 0 fully saturated rings. The molecule has 24 heavy (non-hydrogen) atoms. The highest BCUT2D eigenvalue weighted by Crippen LogP contribution is 2.23. The number of halogens is 1. The van der Waals surface area contributed by atoms with Crippen molar-refractivity contribution < 1.29 is 14.2 Å². The molecule has 1 atom stereocenters. The molecule has 0 amide bonds. The van der Waals surface area contributed by atoms with E-state index in [-0.39, 0.29) is 12.4 Å². The number of benzene rings is 1. The first-order valence-corrected chi connectivity index (χ1v) is 8.66. The molecule has 2 rings (SSSR count). The van der Waals surface area contributed by atoms with Gasteiger partial charge >= 0.3 is 0 Å². The van der Waals surface area contributed by atoms with Crippen molar-refractivity contribution in [1.29, 1.82) is 0 Å². The largest absolute Gasteiger partial charge is 0.493 e. The van der Waals surface area contributed by atoms with Crippen LogP contribution in [0.15, 0.2) is 36.4 Å². The number of para-hydroxylation sites is 1. The number of hydrogen-bond donors (Lipinski definition) is 2. The smallest absolute Gasteiger partial charge is 0.138 e. The zero-order chi connectivity index (χ0) is 17.4. The topological polar surface area (TPSA) is 55.5 Å². The minimum Gasteiger partial charge on any atom is -0.493 e. The van der Waals surface area contributed by atoms with E-state index in [9.17, 15) is 4.39 Å². The van der Waals surface area contributed by atoms with E-state index >= 15 is 0 Å². The summed E-state index contributed by atoms with van der Waals surface area (Å²) in [5.74, 6) is 6.54. The van der Waals surface area contributed by atoms with Gasteiger partial charge in [-0.2, -0.15) is 0 Å². The molecule has 0 aliphatic carbocycles. The molecule has 2 aromatic rings. The molecule has 1 unspecified atom stereocenters. The molecule has 1 aromatic carbocycles. The van der Waals surface area contributed by atoms with Crippen LogP contribution in [0.1, 0.15) is 29.5 Å². The number of thiophene rings is 1. The number of hydrogen-bond acceptors (Lipinski definition) is 4. The molecule has 1 aromatic heterocycles. The van der Waals surface area contributed by atoms with Crippen LogP contribution in [0.25, 0.3) is 0 Å². The Balaban J connectivity index is 1.82. The molecule has 0 saturated carbocycles. The average molecular weight is 347 g/mol. The summed E-state index contributed by atoms with van der Waals surface area (Å²) >= 11 is 1.34. The van der Waals surface area contributed by atoms with Crippen LogP contribution in [-0.4, -0.2) is 23.9 Å². The molecular weight excluding hydrogens is 325 g/mol. The van der Waals surface area contributed by atoms with Crippen molar-refractivity contribution in [2.75, 3.05) is 13.2 Å². The van der Waals surface area contributed by atoms with Crippen molar-refractivity contribution in [3.63, 3.8) is 0 Å². The van der Waals surface area contributed by atoms with Crippen molar-refractivity contribution in [3.8, 4) is 17.6 Å². The van der Waals surface area contributed by atoms with Crippen LogP contribution in [-0.2, 0) is 6.42 Å². The number of aryl methyl sites for hydroxylation is 1. The summed E-state index contributed by atoms with van der Waals surface area (Å²) in [6.07, 6.45) is 1.61. The zero-order valence-electron chi connectivity index (χ0n) is 13.7. The van der Waals surface area contributed by atoms with Crippen LogP contribution in [0.4, 0.5) is 4.39 Å². The van der Waals surface area contributed by atoms with Gasteiger partial charge in [0.1, 0.15) is 11.6 Å². The molecule has 128 valence electrons. The monoisotopic (exact) mass is 347 g/mol. The van der Waals surface area contributed by atoms with Gasteiger partial charge in [0.15, 0.2) is 0 Å². The second-order valence-corrected chi connectivity index (χ2v) is 7.04. The standard InChI is InChI=1S/C19H22FNO2S/c1-19(21,14-22)11-10-18-17(20)13-16(24-18)9-5-6-12-23-15-7-3-2-4-8-15/h2-4,7-8,13,22H,6,10-12,14,21H2,1H3. The highest BCUT2D eigenvalue weighted by Gasteiger charge is 2.18. The van der Waals surface area contributed by atoms with Crippen molar-refractivity contribution >= 4 is 11.3 Å². The maximum atomic E-state index is 13.9. The summed E-state index contributed by atoms with van der Waals surface area (Å²) in [6, 6.07) is 11.0. The van der Waals surface area contributed by atoms with Gasteiger partial charge in [-0.3, -0.25) is 0 Å². The van der Waals surface area contributed by atoms with Crippen LogP contribution < -0.4 is 10.5 Å². The van der Waals surface area contributed by atoms with Gasteiger partial charge in [-0.1, -0.05) is 30.0 Å². The van der Waals surface area contributed by atoms with E-state index in [1.54, 1.807) is 6.92 Å². The van der Waals surface area contributed by atoms with Gasteiger partial charge < -0.3 is 15.6 Å². The second-order valence-electron chi connectivity index (χ2n) is 5.91. The van der Waals surface area contributed by atoms with Crippen LogP contribution in [0.3, 0.4) is 0 Å². The lowest BCUT2D eigenvalue weighted by Gasteiger charge is -2.20. The summed E-state index contributed by atoms with van der Waals surface area (Å²) in [5, 5.41) is 9.15. The quantitative estimate of drug-likeness (QED) is 0.596. The molecule has 0 aliphatic heterocycles. The molecule has 0 radical (unpaired) electrons. The maximum absolute atomic E-state index is 13.9. The Bertz CT molecular complexity index is 701.